The predicted molar refractivity (Wildman–Crippen MR) is 152 cm³/mol. The van der Waals surface area contributed by atoms with Crippen molar-refractivity contribution in [1.82, 2.24) is 25.2 Å². The molecule has 3 aromatic rings. The molecule has 3 N–H and O–H groups in total. The summed E-state index contributed by atoms with van der Waals surface area (Å²) in [6.07, 6.45) is 0.828. The third-order valence-corrected chi connectivity index (χ3v) is 11.3. The molecule has 2 unspecified atom stereocenters. The van der Waals surface area contributed by atoms with Crippen LogP contribution >= 0.6 is 22.9 Å². The number of sulfonamides is 1. The van der Waals surface area contributed by atoms with Crippen molar-refractivity contribution in [2.75, 3.05) is 31.1 Å². The second-order valence-electron chi connectivity index (χ2n) is 9.88. The summed E-state index contributed by atoms with van der Waals surface area (Å²) in [5, 5.41) is 9.49. The van der Waals surface area contributed by atoms with Crippen LogP contribution in [0, 0.1) is 0 Å². The highest BCUT2D eigenvalue weighted by Gasteiger charge is 2.31. The number of fused-ring (bicyclic) bond motifs is 2. The molecule has 0 saturated carbocycles. The minimum atomic E-state index is -3.94. The van der Waals surface area contributed by atoms with Gasteiger partial charge in [0, 0.05) is 55.1 Å². The molecule has 3 heterocycles. The molecule has 0 bridgehead atoms. The second-order valence-corrected chi connectivity index (χ2v) is 15.6. The number of hydrogen-bond donors (Lipinski definition) is 3. The lowest BCUT2D eigenvalue weighted by molar-refractivity contribution is -0.133. The molecule has 10 nitrogen and oxygen atoms in total. The Hall–Kier alpha value is -2.13. The molecule has 210 valence electrons. The van der Waals surface area contributed by atoms with E-state index in [0.29, 0.717) is 11.1 Å². The van der Waals surface area contributed by atoms with Crippen molar-refractivity contribution in [2.24, 2.45) is 0 Å². The van der Waals surface area contributed by atoms with Gasteiger partial charge in [0.1, 0.15) is 11.0 Å². The molecule has 1 aromatic heterocycles. The molecule has 2 aliphatic rings. The molecule has 0 spiro atoms. The van der Waals surface area contributed by atoms with Crippen LogP contribution in [-0.2, 0) is 44.2 Å². The largest absolute Gasteiger partial charge is 0.339 e. The molecule has 2 aromatic carbocycles. The van der Waals surface area contributed by atoms with Crippen LogP contribution < -0.4 is 15.4 Å². The van der Waals surface area contributed by atoms with E-state index in [0.717, 1.165) is 39.3 Å². The van der Waals surface area contributed by atoms with Gasteiger partial charge in [-0.25, -0.2) is 26.5 Å². The van der Waals surface area contributed by atoms with Crippen LogP contribution in [0.25, 0.3) is 10.8 Å². The van der Waals surface area contributed by atoms with Crippen LogP contribution in [0.15, 0.2) is 41.3 Å². The molecule has 39 heavy (non-hydrogen) atoms. The topological polar surface area (TPSA) is 138 Å². The molecule has 5 rings (SSSR count). The summed E-state index contributed by atoms with van der Waals surface area (Å²) in [5.41, 5.74) is 1.05. The normalized spacial score (nSPS) is 20.1. The van der Waals surface area contributed by atoms with Crippen molar-refractivity contribution < 1.29 is 21.6 Å². The first-order valence-electron chi connectivity index (χ1n) is 12.6. The molecule has 1 amide bonds. The Kier molecular flexibility index (Phi) is 8.30. The van der Waals surface area contributed by atoms with Crippen molar-refractivity contribution in [3.8, 4) is 0 Å². The summed E-state index contributed by atoms with van der Waals surface area (Å²) in [6, 6.07) is 9.37. The fourth-order valence-electron chi connectivity index (χ4n) is 4.69. The van der Waals surface area contributed by atoms with E-state index in [9.17, 15) is 21.6 Å². The second kappa shape index (κ2) is 11.4. The maximum atomic E-state index is 13.4. The SMILES string of the molecule is CC1Cc2nc(CNC(CNS(=O)(=O)c3ccc4cc(Cl)ccc4c3)C(=O)N3CCS(=O)(=O)CC3)sc2CN1. The van der Waals surface area contributed by atoms with E-state index in [1.165, 1.54) is 11.0 Å². The van der Waals surface area contributed by atoms with E-state index < -0.39 is 25.9 Å². The number of aromatic nitrogens is 1. The zero-order chi connectivity index (χ0) is 27.8. The van der Waals surface area contributed by atoms with Gasteiger partial charge in [-0.05, 0) is 42.0 Å². The smallest absolute Gasteiger partial charge is 0.241 e. The van der Waals surface area contributed by atoms with Gasteiger partial charge in [-0.3, -0.25) is 10.1 Å². The van der Waals surface area contributed by atoms with Gasteiger partial charge >= 0.3 is 0 Å². The van der Waals surface area contributed by atoms with Crippen LogP contribution in [0.1, 0.15) is 22.5 Å². The first-order chi connectivity index (χ1) is 18.5. The molecule has 1 fully saturated rings. The number of amides is 1. The number of hydrogen-bond acceptors (Lipinski definition) is 9. The van der Waals surface area contributed by atoms with Crippen molar-refractivity contribution in [3.63, 3.8) is 0 Å². The minimum Gasteiger partial charge on any atom is -0.339 e. The Morgan fingerprint density at radius 3 is 2.69 bits per heavy atom. The predicted octanol–water partition coefficient (Wildman–Crippen LogP) is 1.68. The Morgan fingerprint density at radius 2 is 1.92 bits per heavy atom. The quantitative estimate of drug-likeness (QED) is 0.350. The van der Waals surface area contributed by atoms with Crippen LogP contribution in [0.3, 0.4) is 0 Å². The molecule has 14 heteroatoms. The third-order valence-electron chi connectivity index (χ3n) is 6.95. The number of nitrogens with one attached hydrogen (secondary N) is 3. The average molecular weight is 612 g/mol. The Labute approximate surface area is 237 Å². The van der Waals surface area contributed by atoms with Crippen LogP contribution in [0.2, 0.25) is 5.02 Å². The molecule has 2 atom stereocenters. The first-order valence-corrected chi connectivity index (χ1v) is 17.1. The Bertz CT molecular complexity index is 1600. The van der Waals surface area contributed by atoms with Crippen molar-refractivity contribution in [2.45, 2.75) is 43.4 Å². The maximum Gasteiger partial charge on any atom is 0.241 e. The van der Waals surface area contributed by atoms with Gasteiger partial charge in [-0.2, -0.15) is 0 Å². The van der Waals surface area contributed by atoms with Crippen molar-refractivity contribution in [3.05, 3.63) is 57.0 Å². The lowest BCUT2D eigenvalue weighted by atomic mass is 10.1. The van der Waals surface area contributed by atoms with Crippen LogP contribution in [-0.4, -0.2) is 75.9 Å². The monoisotopic (exact) mass is 611 g/mol. The lowest BCUT2D eigenvalue weighted by Crippen LogP contribution is -2.55. The molecule has 0 aliphatic carbocycles. The van der Waals surface area contributed by atoms with Crippen LogP contribution in [0.4, 0.5) is 0 Å². The number of rotatable bonds is 8. The fraction of sp³-hybridized carbons (Fsp3) is 0.440. The number of halogens is 1. The van der Waals surface area contributed by atoms with E-state index in [2.05, 4.69) is 22.3 Å². The molecular weight excluding hydrogens is 582 g/mol. The van der Waals surface area contributed by atoms with E-state index in [-0.39, 0.29) is 48.5 Å². The Balaban J connectivity index is 1.32. The first kappa shape index (κ1) is 28.4. The van der Waals surface area contributed by atoms with Gasteiger partial charge in [-0.1, -0.05) is 23.7 Å². The standard InChI is InChI=1S/C25H30ClN5O5S3/c1-16-10-21-23(14-27-16)37-24(30-21)15-28-22(25(32)31-6-8-38(33,34)9-7-31)13-29-39(35,36)20-5-3-17-11-19(26)4-2-18(17)12-20/h2-5,11-12,16,22,27-29H,6-10,13-15H2,1H3. The van der Waals surface area contributed by atoms with Crippen molar-refractivity contribution in [1.29, 1.82) is 0 Å². The number of carbonyl (C=O) groups is 1. The fourth-order valence-corrected chi connectivity index (χ4v) is 8.15. The van der Waals surface area contributed by atoms with Gasteiger partial charge in [0.05, 0.1) is 22.1 Å². The number of sulfone groups is 1. The average Bonchev–Trinajstić information content (AvgIpc) is 3.30. The Morgan fingerprint density at radius 1 is 1.21 bits per heavy atom. The van der Waals surface area contributed by atoms with Gasteiger partial charge in [0.25, 0.3) is 0 Å². The van der Waals surface area contributed by atoms with E-state index in [1.54, 1.807) is 41.7 Å². The van der Waals surface area contributed by atoms with Gasteiger partial charge in [0.15, 0.2) is 9.84 Å². The van der Waals surface area contributed by atoms with E-state index >= 15 is 0 Å². The van der Waals surface area contributed by atoms with Gasteiger partial charge < -0.3 is 10.2 Å². The zero-order valence-electron chi connectivity index (χ0n) is 21.3. The summed E-state index contributed by atoms with van der Waals surface area (Å²) in [5.74, 6) is -0.567. The molecule has 1 saturated heterocycles. The van der Waals surface area contributed by atoms with E-state index in [1.807, 2.05) is 0 Å². The van der Waals surface area contributed by atoms with E-state index in [4.69, 9.17) is 16.6 Å². The highest BCUT2D eigenvalue weighted by atomic mass is 35.5. The lowest BCUT2D eigenvalue weighted by Gasteiger charge is -2.30. The highest BCUT2D eigenvalue weighted by Crippen LogP contribution is 2.24. The molecule has 0 radical (unpaired) electrons. The van der Waals surface area contributed by atoms with Gasteiger partial charge in [-0.15, -0.1) is 11.3 Å². The number of thiazole rings is 1. The summed E-state index contributed by atoms with van der Waals surface area (Å²) in [7, 11) is -7.12. The van der Waals surface area contributed by atoms with Gasteiger partial charge in [0.2, 0.25) is 15.9 Å². The zero-order valence-corrected chi connectivity index (χ0v) is 24.5. The highest BCUT2D eigenvalue weighted by molar-refractivity contribution is 7.91. The number of nitrogens with zero attached hydrogens (tertiary/aromatic N) is 2. The van der Waals surface area contributed by atoms with Crippen molar-refractivity contribution >= 4 is 59.5 Å². The summed E-state index contributed by atoms with van der Waals surface area (Å²) < 4.78 is 52.7. The summed E-state index contributed by atoms with van der Waals surface area (Å²) in [4.78, 5) is 20.8. The maximum absolute atomic E-state index is 13.4. The number of carbonyl (C=O) groups excluding carboxylic acids is 1. The summed E-state index contributed by atoms with van der Waals surface area (Å²) >= 11 is 7.60. The van der Waals surface area contributed by atoms with Crippen LogP contribution in [0.5, 0.6) is 0 Å². The third kappa shape index (κ3) is 6.79. The summed E-state index contributed by atoms with van der Waals surface area (Å²) in [6.45, 7) is 3.09. The molecule has 2 aliphatic heterocycles. The minimum absolute atomic E-state index is 0.0711. The number of benzene rings is 2. The molecular formula is C25H30ClN5O5S3.